The largest absolute Gasteiger partial charge is 0.495 e. The van der Waals surface area contributed by atoms with Gasteiger partial charge in [0.2, 0.25) is 0 Å². The van der Waals surface area contributed by atoms with Gasteiger partial charge in [-0.15, -0.1) is 0 Å². The summed E-state index contributed by atoms with van der Waals surface area (Å²) < 4.78 is 5.38. The number of rotatable bonds is 6. The molecule has 0 aliphatic carbocycles. The van der Waals surface area contributed by atoms with E-state index in [0.29, 0.717) is 0 Å². The van der Waals surface area contributed by atoms with Gasteiger partial charge < -0.3 is 15.0 Å². The van der Waals surface area contributed by atoms with Crippen molar-refractivity contribution in [2.24, 2.45) is 0 Å². The van der Waals surface area contributed by atoms with E-state index >= 15 is 0 Å². The van der Waals surface area contributed by atoms with E-state index in [0.717, 1.165) is 24.5 Å². The maximum atomic E-state index is 5.38. The van der Waals surface area contributed by atoms with Crippen LogP contribution in [0, 0.1) is 6.92 Å². The minimum Gasteiger partial charge on any atom is -0.495 e. The van der Waals surface area contributed by atoms with Gasteiger partial charge in [0.1, 0.15) is 5.75 Å². The molecule has 0 bridgehead atoms. The van der Waals surface area contributed by atoms with Crippen LogP contribution in [0.2, 0.25) is 0 Å². The molecule has 0 aliphatic rings. The van der Waals surface area contributed by atoms with Crippen molar-refractivity contribution in [3.05, 3.63) is 54.1 Å². The Labute approximate surface area is 121 Å². The van der Waals surface area contributed by atoms with Crippen molar-refractivity contribution in [2.45, 2.75) is 6.92 Å². The van der Waals surface area contributed by atoms with Crippen LogP contribution in [-0.2, 0) is 0 Å². The van der Waals surface area contributed by atoms with Crippen molar-refractivity contribution in [3.8, 4) is 5.75 Å². The third kappa shape index (κ3) is 3.67. The molecule has 0 saturated carbocycles. The molecular weight excluding hydrogens is 248 g/mol. The van der Waals surface area contributed by atoms with E-state index in [1.165, 1.54) is 11.3 Å². The molecule has 0 aromatic heterocycles. The third-order valence-electron chi connectivity index (χ3n) is 3.29. The first-order valence-corrected chi connectivity index (χ1v) is 6.85. The average Bonchev–Trinajstić information content (AvgIpc) is 2.47. The zero-order valence-corrected chi connectivity index (χ0v) is 12.4. The lowest BCUT2D eigenvalue weighted by Crippen LogP contribution is -2.25. The molecule has 3 heteroatoms. The van der Waals surface area contributed by atoms with Gasteiger partial charge in [-0.05, 0) is 36.8 Å². The maximum absolute atomic E-state index is 5.38. The lowest BCUT2D eigenvalue weighted by molar-refractivity contribution is 0.415. The molecule has 0 fully saturated rings. The Morgan fingerprint density at radius 2 is 1.90 bits per heavy atom. The molecule has 0 heterocycles. The zero-order valence-electron chi connectivity index (χ0n) is 12.4. The summed E-state index contributed by atoms with van der Waals surface area (Å²) in [7, 11) is 3.79. The molecule has 0 spiro atoms. The van der Waals surface area contributed by atoms with Crippen LogP contribution in [0.5, 0.6) is 5.75 Å². The first kappa shape index (κ1) is 14.3. The van der Waals surface area contributed by atoms with Crippen molar-refractivity contribution in [1.29, 1.82) is 0 Å². The number of anilines is 2. The molecular formula is C17H22N2O. The minimum absolute atomic E-state index is 0.887. The number of hydrogen-bond donors (Lipinski definition) is 1. The first-order valence-electron chi connectivity index (χ1n) is 6.85. The quantitative estimate of drug-likeness (QED) is 0.868. The molecule has 0 aliphatic heterocycles. The SMILES string of the molecule is COc1ccccc1N(C)CCNc1cccc(C)c1. The van der Waals surface area contributed by atoms with Crippen LogP contribution < -0.4 is 15.0 Å². The predicted octanol–water partition coefficient (Wildman–Crippen LogP) is 3.55. The molecule has 0 radical (unpaired) electrons. The number of ether oxygens (including phenoxy) is 1. The fourth-order valence-corrected chi connectivity index (χ4v) is 2.19. The topological polar surface area (TPSA) is 24.5 Å². The molecule has 3 nitrogen and oxygen atoms in total. The van der Waals surface area contributed by atoms with E-state index in [2.05, 4.69) is 54.5 Å². The Kier molecular flexibility index (Phi) is 4.88. The molecule has 1 N–H and O–H groups in total. The second kappa shape index (κ2) is 6.85. The monoisotopic (exact) mass is 270 g/mol. The van der Waals surface area contributed by atoms with Crippen LogP contribution in [0.15, 0.2) is 48.5 Å². The van der Waals surface area contributed by atoms with E-state index in [9.17, 15) is 0 Å². The Morgan fingerprint density at radius 1 is 1.10 bits per heavy atom. The molecule has 0 amide bonds. The second-order valence-corrected chi connectivity index (χ2v) is 4.89. The Hall–Kier alpha value is -2.16. The molecule has 2 aromatic carbocycles. The number of aryl methyl sites for hydroxylation is 1. The summed E-state index contributed by atoms with van der Waals surface area (Å²) in [5.41, 5.74) is 3.55. The van der Waals surface area contributed by atoms with E-state index in [1.54, 1.807) is 7.11 Å². The number of para-hydroxylation sites is 2. The van der Waals surface area contributed by atoms with Crippen LogP contribution in [-0.4, -0.2) is 27.2 Å². The number of methoxy groups -OCH3 is 1. The van der Waals surface area contributed by atoms with Gasteiger partial charge in [0.25, 0.3) is 0 Å². The van der Waals surface area contributed by atoms with Gasteiger partial charge in [-0.2, -0.15) is 0 Å². The molecule has 0 unspecified atom stereocenters. The minimum atomic E-state index is 0.887. The van der Waals surface area contributed by atoms with E-state index in [1.807, 2.05) is 18.2 Å². The summed E-state index contributed by atoms with van der Waals surface area (Å²) in [6, 6.07) is 16.5. The van der Waals surface area contributed by atoms with Gasteiger partial charge >= 0.3 is 0 Å². The zero-order chi connectivity index (χ0) is 14.4. The normalized spacial score (nSPS) is 10.2. The lowest BCUT2D eigenvalue weighted by Gasteiger charge is -2.22. The van der Waals surface area contributed by atoms with Crippen LogP contribution >= 0.6 is 0 Å². The number of benzene rings is 2. The van der Waals surface area contributed by atoms with E-state index in [-0.39, 0.29) is 0 Å². The molecule has 0 saturated heterocycles. The predicted molar refractivity (Wildman–Crippen MR) is 85.9 cm³/mol. The highest BCUT2D eigenvalue weighted by Crippen LogP contribution is 2.26. The van der Waals surface area contributed by atoms with Crippen molar-refractivity contribution in [1.82, 2.24) is 0 Å². The fraction of sp³-hybridized carbons (Fsp3) is 0.294. The van der Waals surface area contributed by atoms with Crippen molar-refractivity contribution < 1.29 is 4.74 Å². The van der Waals surface area contributed by atoms with Gasteiger partial charge in [0.05, 0.1) is 12.8 Å². The van der Waals surface area contributed by atoms with Gasteiger partial charge in [-0.3, -0.25) is 0 Å². The highest BCUT2D eigenvalue weighted by Gasteiger charge is 2.06. The number of hydrogen-bond acceptors (Lipinski definition) is 3. The average molecular weight is 270 g/mol. The standard InChI is InChI=1S/C17H22N2O/c1-14-7-6-8-15(13-14)18-11-12-19(2)16-9-4-5-10-17(16)20-3/h4-10,13,18H,11-12H2,1-3H3. The van der Waals surface area contributed by atoms with E-state index in [4.69, 9.17) is 4.74 Å². The second-order valence-electron chi connectivity index (χ2n) is 4.89. The number of nitrogens with one attached hydrogen (secondary N) is 1. The Balaban J connectivity index is 1.90. The van der Waals surface area contributed by atoms with E-state index < -0.39 is 0 Å². The number of likely N-dealkylation sites (N-methyl/N-ethyl adjacent to an activating group) is 1. The summed E-state index contributed by atoms with van der Waals surface area (Å²) in [5.74, 6) is 0.908. The van der Waals surface area contributed by atoms with Crippen LogP contribution in [0.4, 0.5) is 11.4 Å². The fourth-order valence-electron chi connectivity index (χ4n) is 2.19. The summed E-state index contributed by atoms with van der Waals surface area (Å²) >= 11 is 0. The van der Waals surface area contributed by atoms with Gasteiger partial charge in [-0.1, -0.05) is 24.3 Å². The van der Waals surface area contributed by atoms with Crippen LogP contribution in [0.1, 0.15) is 5.56 Å². The highest BCUT2D eigenvalue weighted by molar-refractivity contribution is 5.58. The Bertz CT molecular complexity index is 554. The lowest BCUT2D eigenvalue weighted by atomic mass is 10.2. The highest BCUT2D eigenvalue weighted by atomic mass is 16.5. The molecule has 20 heavy (non-hydrogen) atoms. The Morgan fingerprint density at radius 3 is 2.65 bits per heavy atom. The van der Waals surface area contributed by atoms with Crippen LogP contribution in [0.3, 0.4) is 0 Å². The van der Waals surface area contributed by atoms with Gasteiger partial charge in [0.15, 0.2) is 0 Å². The smallest absolute Gasteiger partial charge is 0.142 e. The van der Waals surface area contributed by atoms with Crippen molar-refractivity contribution >= 4 is 11.4 Å². The van der Waals surface area contributed by atoms with Crippen LogP contribution in [0.25, 0.3) is 0 Å². The first-order chi connectivity index (χ1) is 9.70. The summed E-state index contributed by atoms with van der Waals surface area (Å²) in [5, 5.41) is 3.44. The summed E-state index contributed by atoms with van der Waals surface area (Å²) in [4.78, 5) is 2.20. The molecule has 106 valence electrons. The molecule has 2 aromatic rings. The molecule has 2 rings (SSSR count). The maximum Gasteiger partial charge on any atom is 0.142 e. The van der Waals surface area contributed by atoms with Crippen molar-refractivity contribution in [3.63, 3.8) is 0 Å². The molecule has 0 atom stereocenters. The summed E-state index contributed by atoms with van der Waals surface area (Å²) in [6.07, 6.45) is 0. The number of nitrogens with zero attached hydrogens (tertiary/aromatic N) is 1. The third-order valence-corrected chi connectivity index (χ3v) is 3.29. The van der Waals surface area contributed by atoms with Crippen molar-refractivity contribution in [2.75, 3.05) is 37.5 Å². The summed E-state index contributed by atoms with van der Waals surface area (Å²) in [6.45, 7) is 3.90. The van der Waals surface area contributed by atoms with Gasteiger partial charge in [-0.25, -0.2) is 0 Å². The van der Waals surface area contributed by atoms with Gasteiger partial charge in [0, 0.05) is 25.8 Å².